The Kier molecular flexibility index (Phi) is 5.98. The van der Waals surface area contributed by atoms with Crippen molar-refractivity contribution < 1.29 is 4.79 Å². The minimum absolute atomic E-state index is 0.0408. The molecule has 1 heterocycles. The number of benzene rings is 1. The van der Waals surface area contributed by atoms with Gasteiger partial charge in [-0.2, -0.15) is 0 Å². The Bertz CT molecular complexity index is 404. The van der Waals surface area contributed by atoms with Gasteiger partial charge in [-0.25, -0.2) is 0 Å². The monoisotopic (exact) mass is 276 g/mol. The quantitative estimate of drug-likeness (QED) is 0.792. The summed E-state index contributed by atoms with van der Waals surface area (Å²) in [5, 5.41) is 6.25. The molecule has 1 fully saturated rings. The van der Waals surface area contributed by atoms with Crippen molar-refractivity contribution in [3.05, 3.63) is 30.3 Å². The lowest BCUT2D eigenvalue weighted by Gasteiger charge is -2.28. The van der Waals surface area contributed by atoms with Crippen LogP contribution in [0.15, 0.2) is 30.3 Å². The van der Waals surface area contributed by atoms with Crippen LogP contribution in [0.25, 0.3) is 0 Å². The number of piperazine rings is 1. The number of nitrogens with one attached hydrogen (secondary N) is 2. The summed E-state index contributed by atoms with van der Waals surface area (Å²) in [5.41, 5.74) is 0.855. The van der Waals surface area contributed by atoms with Crippen molar-refractivity contribution in [1.29, 1.82) is 0 Å². The van der Waals surface area contributed by atoms with Crippen molar-refractivity contribution in [3.63, 3.8) is 0 Å². The molecule has 0 spiro atoms. The normalized spacial score (nSPS) is 16.3. The lowest BCUT2D eigenvalue weighted by atomic mass is 10.3. The summed E-state index contributed by atoms with van der Waals surface area (Å²) in [5.74, 6) is 0.0408. The van der Waals surface area contributed by atoms with Crippen LogP contribution in [0.3, 0.4) is 0 Å². The van der Waals surface area contributed by atoms with E-state index in [2.05, 4.69) is 20.4 Å². The van der Waals surface area contributed by atoms with Gasteiger partial charge in [-0.05, 0) is 19.2 Å². The lowest BCUT2D eigenvalue weighted by molar-refractivity contribution is -0.117. The van der Waals surface area contributed by atoms with Crippen molar-refractivity contribution in [2.75, 3.05) is 58.2 Å². The van der Waals surface area contributed by atoms with Gasteiger partial charge in [-0.1, -0.05) is 18.2 Å². The topological polar surface area (TPSA) is 47.6 Å². The van der Waals surface area contributed by atoms with Gasteiger partial charge in [0.15, 0.2) is 0 Å². The smallest absolute Gasteiger partial charge is 0.238 e. The molecule has 110 valence electrons. The van der Waals surface area contributed by atoms with E-state index in [0.29, 0.717) is 6.54 Å². The second kappa shape index (κ2) is 7.99. The molecule has 1 saturated heterocycles. The number of hydrogen-bond donors (Lipinski definition) is 2. The third-order valence-corrected chi connectivity index (χ3v) is 3.48. The fraction of sp³-hybridized carbons (Fsp3) is 0.533. The maximum atomic E-state index is 11.9. The van der Waals surface area contributed by atoms with Crippen LogP contribution in [-0.2, 0) is 4.79 Å². The Balaban J connectivity index is 1.65. The number of rotatable bonds is 6. The molecule has 0 radical (unpaired) electrons. The third-order valence-electron chi connectivity index (χ3n) is 3.48. The zero-order chi connectivity index (χ0) is 14.2. The second-order valence-electron chi connectivity index (χ2n) is 5.24. The molecule has 5 nitrogen and oxygen atoms in total. The molecule has 2 rings (SSSR count). The largest absolute Gasteiger partial charge is 0.325 e. The molecule has 1 aliphatic heterocycles. The van der Waals surface area contributed by atoms with E-state index in [1.165, 1.54) is 0 Å². The minimum Gasteiger partial charge on any atom is -0.325 e. The first-order valence-electron chi connectivity index (χ1n) is 7.20. The average Bonchev–Trinajstić information content (AvgIpc) is 2.47. The number of anilines is 1. The van der Waals surface area contributed by atoms with Gasteiger partial charge < -0.3 is 10.6 Å². The van der Waals surface area contributed by atoms with E-state index in [1.807, 2.05) is 37.4 Å². The van der Waals surface area contributed by atoms with Crippen LogP contribution in [0.1, 0.15) is 0 Å². The first kappa shape index (κ1) is 15.0. The number of carbonyl (C=O) groups is 1. The highest BCUT2D eigenvalue weighted by Crippen LogP contribution is 2.04. The van der Waals surface area contributed by atoms with Gasteiger partial charge in [0.05, 0.1) is 6.54 Å². The van der Waals surface area contributed by atoms with Crippen LogP contribution in [0.5, 0.6) is 0 Å². The van der Waals surface area contributed by atoms with Crippen molar-refractivity contribution in [1.82, 2.24) is 15.1 Å². The van der Waals surface area contributed by atoms with Crippen LogP contribution in [0, 0.1) is 0 Å². The highest BCUT2D eigenvalue weighted by Gasteiger charge is 2.11. The first-order chi connectivity index (χ1) is 9.74. The van der Waals surface area contributed by atoms with E-state index in [4.69, 9.17) is 0 Å². The minimum atomic E-state index is 0.0408. The summed E-state index contributed by atoms with van der Waals surface area (Å²) < 4.78 is 0. The summed E-state index contributed by atoms with van der Waals surface area (Å²) >= 11 is 0. The predicted molar refractivity (Wildman–Crippen MR) is 81.9 cm³/mol. The van der Waals surface area contributed by atoms with Crippen LogP contribution in [0.2, 0.25) is 0 Å². The molecule has 0 aromatic heterocycles. The van der Waals surface area contributed by atoms with E-state index in [9.17, 15) is 4.79 Å². The van der Waals surface area contributed by atoms with Gasteiger partial charge in [0, 0.05) is 45.0 Å². The molecule has 0 bridgehead atoms. The molecule has 1 aromatic rings. The molecule has 0 unspecified atom stereocenters. The zero-order valence-electron chi connectivity index (χ0n) is 12.1. The zero-order valence-corrected chi connectivity index (χ0v) is 12.1. The first-order valence-corrected chi connectivity index (χ1v) is 7.20. The van der Waals surface area contributed by atoms with Gasteiger partial charge in [0.1, 0.15) is 0 Å². The van der Waals surface area contributed by atoms with E-state index in [1.54, 1.807) is 0 Å². The predicted octanol–water partition coefficient (Wildman–Crippen LogP) is 0.462. The Labute approximate surface area is 120 Å². The summed E-state index contributed by atoms with van der Waals surface area (Å²) in [6.07, 6.45) is 0. The van der Waals surface area contributed by atoms with Gasteiger partial charge in [-0.3, -0.25) is 14.6 Å². The average molecular weight is 276 g/mol. The number of carbonyl (C=O) groups excluding carboxylic acids is 1. The molecule has 20 heavy (non-hydrogen) atoms. The fourth-order valence-electron chi connectivity index (χ4n) is 2.29. The maximum absolute atomic E-state index is 11.9. The SMILES string of the molecule is CN(CCN1CCNCC1)CC(=O)Nc1ccccc1. The highest BCUT2D eigenvalue weighted by molar-refractivity contribution is 5.92. The van der Waals surface area contributed by atoms with Crippen molar-refractivity contribution in [2.24, 2.45) is 0 Å². The standard InChI is InChI=1S/C15H24N4O/c1-18(11-12-19-9-7-16-8-10-19)13-15(20)17-14-5-3-2-4-6-14/h2-6,16H,7-13H2,1H3,(H,17,20). The fourth-order valence-corrected chi connectivity index (χ4v) is 2.29. The molecule has 1 amide bonds. The summed E-state index contributed by atoms with van der Waals surface area (Å²) in [6, 6.07) is 9.58. The molecule has 0 saturated carbocycles. The summed E-state index contributed by atoms with van der Waals surface area (Å²) in [4.78, 5) is 16.4. The van der Waals surface area contributed by atoms with Crippen LogP contribution < -0.4 is 10.6 Å². The molecule has 0 aliphatic carbocycles. The van der Waals surface area contributed by atoms with Crippen LogP contribution in [0.4, 0.5) is 5.69 Å². The molecular formula is C15H24N4O. The Morgan fingerprint density at radius 1 is 1.30 bits per heavy atom. The molecule has 5 heteroatoms. The number of likely N-dealkylation sites (N-methyl/N-ethyl adjacent to an activating group) is 1. The van der Waals surface area contributed by atoms with Gasteiger partial charge in [-0.15, -0.1) is 0 Å². The Morgan fingerprint density at radius 3 is 2.70 bits per heavy atom. The van der Waals surface area contributed by atoms with E-state index in [-0.39, 0.29) is 5.91 Å². The number of para-hydroxylation sites is 1. The molecule has 1 aromatic carbocycles. The van der Waals surface area contributed by atoms with Crippen molar-refractivity contribution >= 4 is 11.6 Å². The van der Waals surface area contributed by atoms with Gasteiger partial charge >= 0.3 is 0 Å². The summed E-state index contributed by atoms with van der Waals surface area (Å²) in [7, 11) is 1.99. The Morgan fingerprint density at radius 2 is 2.00 bits per heavy atom. The molecular weight excluding hydrogens is 252 g/mol. The molecule has 2 N–H and O–H groups in total. The highest BCUT2D eigenvalue weighted by atomic mass is 16.2. The maximum Gasteiger partial charge on any atom is 0.238 e. The van der Waals surface area contributed by atoms with Crippen molar-refractivity contribution in [3.8, 4) is 0 Å². The lowest BCUT2D eigenvalue weighted by Crippen LogP contribution is -2.46. The van der Waals surface area contributed by atoms with E-state index >= 15 is 0 Å². The number of nitrogens with zero attached hydrogens (tertiary/aromatic N) is 2. The van der Waals surface area contributed by atoms with Gasteiger partial charge in [0.2, 0.25) is 5.91 Å². The van der Waals surface area contributed by atoms with Crippen LogP contribution in [-0.4, -0.2) is 68.6 Å². The van der Waals surface area contributed by atoms with Crippen molar-refractivity contribution in [2.45, 2.75) is 0 Å². The number of hydrogen-bond acceptors (Lipinski definition) is 4. The molecule has 1 aliphatic rings. The van der Waals surface area contributed by atoms with E-state index in [0.717, 1.165) is 45.0 Å². The van der Waals surface area contributed by atoms with Crippen LogP contribution >= 0.6 is 0 Å². The van der Waals surface area contributed by atoms with Gasteiger partial charge in [0.25, 0.3) is 0 Å². The third kappa shape index (κ3) is 5.28. The number of amides is 1. The van der Waals surface area contributed by atoms with E-state index < -0.39 is 0 Å². The Hall–Kier alpha value is -1.43. The molecule has 0 atom stereocenters. The summed E-state index contributed by atoms with van der Waals surface area (Å²) in [6.45, 7) is 6.71. The second-order valence-corrected chi connectivity index (χ2v) is 5.24.